The first-order valence-electron chi connectivity index (χ1n) is 26.1. The second kappa shape index (κ2) is 29.4. The fourth-order valence-corrected chi connectivity index (χ4v) is 9.42. The minimum atomic E-state index is -2.37. The molecule has 0 saturated carbocycles. The highest BCUT2D eigenvalue weighted by atomic mass is 16.5. The van der Waals surface area contributed by atoms with E-state index in [1.54, 1.807) is 0 Å². The molecule has 3 fully saturated rings. The predicted molar refractivity (Wildman–Crippen MR) is 273 cm³/mol. The van der Waals surface area contributed by atoms with E-state index in [0.717, 1.165) is 79.5 Å². The molecule has 0 bridgehead atoms. The number of fused-ring (bicyclic) bond motifs is 2. The Labute approximate surface area is 450 Å². The standard InChI is InChI=1S/C51H75N9O18/c1-3-4-5-6-7-8-20-77-31-15-11-28(12-16-31)44(70)54-32-23-36(66)49(78-21-18-52)58-48(74)41-34(64)17-19-59(41)51(76)39(35(65)24-37(53)67)56-47(73)40(43(69)42(68)27-9-13-29(62)14-10-27)57-46(72)33-22-30(63)25-60(33)50(75)38(26(2)61)55-45(32)71/h9-16,26,30,32-36,38-43,49,61-66,68-69H,3-8,17-25,52H2,1-2H3,(H2,53,67)(H,54,70)(H,55,71)(H,56,73)(H,57,72)(H,58,74)/t26-,30?,32-,33?,34+,35+,36-,38?,39?,40?,41?,42+,43+,49-/m1/s1. The van der Waals surface area contributed by atoms with Crippen molar-refractivity contribution in [1.29, 1.82) is 0 Å². The average molecular weight is 1100 g/mol. The van der Waals surface area contributed by atoms with E-state index in [4.69, 9.17) is 20.9 Å². The summed E-state index contributed by atoms with van der Waals surface area (Å²) in [6, 6.07) is -1.63. The number of unbranched alkanes of at least 4 members (excludes halogenated alkanes) is 5. The van der Waals surface area contributed by atoms with Crippen LogP contribution >= 0.6 is 0 Å². The number of carbonyl (C=O) groups is 8. The lowest BCUT2D eigenvalue weighted by Gasteiger charge is -2.34. The Morgan fingerprint density at radius 2 is 1.37 bits per heavy atom. The molecule has 5 rings (SSSR count). The van der Waals surface area contributed by atoms with Crippen LogP contribution in [0.3, 0.4) is 0 Å². The van der Waals surface area contributed by atoms with Crippen LogP contribution in [0.5, 0.6) is 11.5 Å². The molecule has 3 aliphatic heterocycles. The van der Waals surface area contributed by atoms with Crippen LogP contribution in [-0.2, 0) is 38.3 Å². The van der Waals surface area contributed by atoms with Gasteiger partial charge >= 0.3 is 0 Å². The largest absolute Gasteiger partial charge is 0.508 e. The summed E-state index contributed by atoms with van der Waals surface area (Å²) in [5, 5.41) is 101. The molecular weight excluding hydrogens is 1030 g/mol. The second-order valence-electron chi connectivity index (χ2n) is 19.8. The minimum Gasteiger partial charge on any atom is -0.508 e. The fraction of sp³-hybridized carbons (Fsp3) is 0.608. The van der Waals surface area contributed by atoms with Gasteiger partial charge in [-0.3, -0.25) is 38.4 Å². The summed E-state index contributed by atoms with van der Waals surface area (Å²) in [7, 11) is 0. The molecule has 2 aromatic rings. The molecule has 0 aromatic heterocycles. The number of ether oxygens (including phenoxy) is 2. The number of aliphatic hydroxyl groups excluding tert-OH is 7. The monoisotopic (exact) mass is 1100 g/mol. The molecule has 78 heavy (non-hydrogen) atoms. The van der Waals surface area contributed by atoms with Gasteiger partial charge in [0.2, 0.25) is 41.4 Å². The van der Waals surface area contributed by atoms with Gasteiger partial charge in [-0.2, -0.15) is 0 Å². The lowest BCUT2D eigenvalue weighted by Crippen LogP contribution is -2.64. The number of nitrogens with two attached hydrogens (primary N) is 2. The van der Waals surface area contributed by atoms with Gasteiger partial charge in [0, 0.05) is 38.0 Å². The number of phenolic OH excluding ortho intramolecular Hbond substituents is 1. The fourth-order valence-electron chi connectivity index (χ4n) is 9.42. The van der Waals surface area contributed by atoms with Crippen LogP contribution in [0.15, 0.2) is 48.5 Å². The van der Waals surface area contributed by atoms with E-state index in [-0.39, 0.29) is 36.4 Å². The van der Waals surface area contributed by atoms with Gasteiger partial charge in [0.15, 0.2) is 6.23 Å². The van der Waals surface area contributed by atoms with Crippen LogP contribution in [0.2, 0.25) is 0 Å². The van der Waals surface area contributed by atoms with Gasteiger partial charge in [-0.25, -0.2) is 0 Å². The van der Waals surface area contributed by atoms with E-state index in [9.17, 15) is 79.2 Å². The summed E-state index contributed by atoms with van der Waals surface area (Å²) in [5.41, 5.74) is 11.0. The number of hydrogen-bond acceptors (Lipinski definition) is 19. The molecule has 3 heterocycles. The van der Waals surface area contributed by atoms with E-state index in [0.29, 0.717) is 12.4 Å². The number of nitrogens with one attached hydrogen (secondary N) is 5. The number of primary amides is 1. The van der Waals surface area contributed by atoms with Crippen molar-refractivity contribution in [2.24, 2.45) is 11.5 Å². The first-order valence-corrected chi connectivity index (χ1v) is 26.1. The van der Waals surface area contributed by atoms with Gasteiger partial charge in [0.25, 0.3) is 5.91 Å². The van der Waals surface area contributed by atoms with Gasteiger partial charge in [0.1, 0.15) is 66.1 Å². The van der Waals surface area contributed by atoms with Crippen molar-refractivity contribution in [3.8, 4) is 11.5 Å². The van der Waals surface area contributed by atoms with Crippen LogP contribution in [0.25, 0.3) is 0 Å². The average Bonchev–Trinajstić information content (AvgIpc) is 4.00. The van der Waals surface area contributed by atoms with Crippen molar-refractivity contribution < 1.29 is 88.7 Å². The Morgan fingerprint density at radius 1 is 0.744 bits per heavy atom. The minimum absolute atomic E-state index is 0.00469. The van der Waals surface area contributed by atoms with Gasteiger partial charge in [-0.05, 0) is 61.7 Å². The molecule has 8 amide bonds. The molecule has 3 saturated heterocycles. The van der Waals surface area contributed by atoms with E-state index >= 15 is 0 Å². The summed E-state index contributed by atoms with van der Waals surface area (Å²) in [5.74, 6) is -9.61. The highest BCUT2D eigenvalue weighted by Crippen LogP contribution is 2.26. The lowest BCUT2D eigenvalue weighted by molar-refractivity contribution is -0.150. The number of rotatable bonds is 20. The molecule has 0 spiro atoms. The zero-order valence-corrected chi connectivity index (χ0v) is 43.5. The normalized spacial score (nSPS) is 27.4. The number of amides is 8. The highest BCUT2D eigenvalue weighted by molar-refractivity contribution is 6.00. The zero-order valence-electron chi connectivity index (χ0n) is 43.5. The highest BCUT2D eigenvalue weighted by Gasteiger charge is 2.49. The van der Waals surface area contributed by atoms with Crippen molar-refractivity contribution in [3.05, 3.63) is 59.7 Å². The molecule has 0 radical (unpaired) electrons. The Balaban J connectivity index is 1.57. The number of aliphatic hydroxyl groups is 7. The van der Waals surface area contributed by atoms with Crippen molar-refractivity contribution in [2.45, 2.75) is 163 Å². The topological polar surface area (TPSA) is 436 Å². The summed E-state index contributed by atoms with van der Waals surface area (Å²) in [6.45, 7) is 2.05. The summed E-state index contributed by atoms with van der Waals surface area (Å²) >= 11 is 0. The number of benzene rings is 2. The maximum atomic E-state index is 14.6. The van der Waals surface area contributed by atoms with E-state index in [2.05, 4.69) is 33.5 Å². The molecule has 6 unspecified atom stereocenters. The van der Waals surface area contributed by atoms with Crippen molar-refractivity contribution in [3.63, 3.8) is 0 Å². The predicted octanol–water partition coefficient (Wildman–Crippen LogP) is -4.50. The van der Waals surface area contributed by atoms with E-state index < -0.39 is 165 Å². The number of nitrogens with zero attached hydrogens (tertiary/aromatic N) is 2. The molecule has 27 heteroatoms. The number of aromatic hydroxyl groups is 1. The summed E-state index contributed by atoms with van der Waals surface area (Å²) in [6.07, 6.45) is -11.8. The third-order valence-electron chi connectivity index (χ3n) is 13.7. The van der Waals surface area contributed by atoms with Crippen molar-refractivity contribution >= 4 is 47.3 Å². The Morgan fingerprint density at radius 3 is 2.01 bits per heavy atom. The van der Waals surface area contributed by atoms with E-state index in [1.807, 2.05) is 0 Å². The van der Waals surface area contributed by atoms with Gasteiger partial charge in [-0.15, -0.1) is 0 Å². The number of carbonyl (C=O) groups excluding carboxylic acids is 8. The smallest absolute Gasteiger partial charge is 0.251 e. The molecule has 3 aliphatic rings. The Bertz CT molecular complexity index is 2370. The van der Waals surface area contributed by atoms with E-state index in [1.165, 1.54) is 24.3 Å². The lowest BCUT2D eigenvalue weighted by atomic mass is 9.96. The molecular formula is C51H75N9O18. The second-order valence-corrected chi connectivity index (χ2v) is 19.8. The first-order chi connectivity index (χ1) is 37.1. The van der Waals surface area contributed by atoms with Crippen molar-refractivity contribution in [1.82, 2.24) is 36.4 Å². The maximum Gasteiger partial charge on any atom is 0.251 e. The maximum absolute atomic E-state index is 14.6. The SMILES string of the molecule is CCCCCCCCOc1ccc(C(=O)N[C@@H]2C[C@@H](O)[C@@H](OCCN)NC(=O)C3[C@@H](O)CCN3C(=O)C([C@@H](O)CC(N)=O)NC(=O)C([C@H](O)[C@@H](O)c3ccc(O)cc3)NC(=O)C3CC(O)CN3C(=O)C([C@@H](C)O)NC2=O)cc1. The van der Waals surface area contributed by atoms with Crippen LogP contribution < -0.4 is 42.8 Å². The van der Waals surface area contributed by atoms with Crippen LogP contribution in [0.4, 0.5) is 0 Å². The molecule has 2 aromatic carbocycles. The summed E-state index contributed by atoms with van der Waals surface area (Å²) < 4.78 is 11.5. The first kappa shape index (κ1) is 62.3. The summed E-state index contributed by atoms with van der Waals surface area (Å²) in [4.78, 5) is 114. The molecule has 14 atom stereocenters. The third kappa shape index (κ3) is 16.7. The molecule has 432 valence electrons. The van der Waals surface area contributed by atoms with Gasteiger partial charge in [0.05, 0.1) is 44.1 Å². The quantitative estimate of drug-likeness (QED) is 0.0556. The van der Waals surface area contributed by atoms with Crippen LogP contribution in [0, 0.1) is 0 Å². The van der Waals surface area contributed by atoms with Gasteiger partial charge in [-0.1, -0.05) is 51.2 Å². The number of hydrogen-bond donors (Lipinski definition) is 15. The Hall–Kier alpha value is -6.56. The van der Waals surface area contributed by atoms with Gasteiger partial charge < -0.3 is 98.2 Å². The molecule has 17 N–H and O–H groups in total. The number of phenols is 1. The zero-order chi connectivity index (χ0) is 57.4. The Kier molecular flexibility index (Phi) is 23.5. The van der Waals surface area contributed by atoms with Crippen LogP contribution in [0.1, 0.15) is 100 Å². The van der Waals surface area contributed by atoms with Crippen molar-refractivity contribution in [2.75, 3.05) is 32.8 Å². The molecule has 27 nitrogen and oxygen atoms in total. The molecule has 0 aliphatic carbocycles. The third-order valence-corrected chi connectivity index (χ3v) is 13.7. The van der Waals surface area contributed by atoms with Crippen LogP contribution in [-0.4, -0.2) is 210 Å².